The van der Waals surface area contributed by atoms with Gasteiger partial charge in [0.1, 0.15) is 0 Å². The Balaban J connectivity index is 2.10. The van der Waals surface area contributed by atoms with Crippen molar-refractivity contribution in [1.29, 1.82) is 0 Å². The van der Waals surface area contributed by atoms with Gasteiger partial charge in [-0.25, -0.2) is 0 Å². The number of carboxylic acids is 1. The average molecular weight is 263 g/mol. The van der Waals surface area contributed by atoms with E-state index in [-0.39, 0.29) is 6.04 Å². The van der Waals surface area contributed by atoms with Gasteiger partial charge in [0.25, 0.3) is 0 Å². The molecule has 104 valence electrons. The fraction of sp³-hybridized carbons (Fsp3) is 0.533. The highest BCUT2D eigenvalue weighted by atomic mass is 16.5. The number of aryl methyl sites for hydroxylation is 2. The zero-order chi connectivity index (χ0) is 14.0. The van der Waals surface area contributed by atoms with Gasteiger partial charge in [-0.15, -0.1) is 0 Å². The summed E-state index contributed by atoms with van der Waals surface area (Å²) in [5.74, 6) is -1.19. The van der Waals surface area contributed by atoms with Crippen LogP contribution in [0.2, 0.25) is 0 Å². The molecule has 19 heavy (non-hydrogen) atoms. The minimum absolute atomic E-state index is 0.0441. The van der Waals surface area contributed by atoms with E-state index in [4.69, 9.17) is 4.74 Å². The fourth-order valence-corrected chi connectivity index (χ4v) is 2.57. The lowest BCUT2D eigenvalue weighted by molar-refractivity contribution is -0.143. The monoisotopic (exact) mass is 263 g/mol. The molecule has 1 aliphatic heterocycles. The van der Waals surface area contributed by atoms with Crippen molar-refractivity contribution in [2.45, 2.75) is 26.4 Å². The summed E-state index contributed by atoms with van der Waals surface area (Å²) >= 11 is 0. The topological polar surface area (TPSA) is 49.8 Å². The predicted octanol–water partition coefficient (Wildman–Crippen LogP) is 1.83. The first-order valence-corrected chi connectivity index (χ1v) is 6.56. The Morgan fingerprint density at radius 3 is 2.84 bits per heavy atom. The van der Waals surface area contributed by atoms with Crippen LogP contribution in [-0.4, -0.2) is 42.3 Å². The van der Waals surface area contributed by atoms with Crippen LogP contribution < -0.4 is 0 Å². The maximum Gasteiger partial charge on any atom is 0.310 e. The lowest BCUT2D eigenvalue weighted by Gasteiger charge is -2.26. The van der Waals surface area contributed by atoms with Crippen LogP contribution in [0.15, 0.2) is 18.2 Å². The molecule has 2 rings (SSSR count). The number of hydrogen-bond acceptors (Lipinski definition) is 3. The van der Waals surface area contributed by atoms with E-state index in [0.717, 1.165) is 6.54 Å². The number of benzene rings is 1. The molecule has 0 amide bonds. The van der Waals surface area contributed by atoms with Crippen LogP contribution in [0.3, 0.4) is 0 Å². The minimum atomic E-state index is -0.768. The molecule has 1 heterocycles. The van der Waals surface area contributed by atoms with Crippen LogP contribution >= 0.6 is 0 Å². The highest BCUT2D eigenvalue weighted by Crippen LogP contribution is 2.22. The number of rotatable bonds is 4. The second-order valence-electron chi connectivity index (χ2n) is 5.39. The van der Waals surface area contributed by atoms with Gasteiger partial charge < -0.3 is 9.84 Å². The second-order valence-corrected chi connectivity index (χ2v) is 5.39. The molecule has 4 heteroatoms. The van der Waals surface area contributed by atoms with Crippen molar-refractivity contribution in [3.8, 4) is 0 Å². The maximum atomic E-state index is 11.2. The number of carbonyl (C=O) groups is 1. The Bertz CT molecular complexity index is 472. The molecule has 0 spiro atoms. The van der Waals surface area contributed by atoms with E-state index >= 15 is 0 Å². The molecule has 2 atom stereocenters. The molecule has 1 aromatic rings. The third-order valence-corrected chi connectivity index (χ3v) is 3.86. The van der Waals surface area contributed by atoms with E-state index in [1.807, 2.05) is 7.05 Å². The summed E-state index contributed by atoms with van der Waals surface area (Å²) in [6.45, 7) is 5.73. The fourth-order valence-electron chi connectivity index (χ4n) is 2.57. The van der Waals surface area contributed by atoms with Crippen molar-refractivity contribution in [3.63, 3.8) is 0 Å². The molecule has 0 radical (unpaired) electrons. The number of ether oxygens (including phenoxy) is 1. The summed E-state index contributed by atoms with van der Waals surface area (Å²) < 4.78 is 5.32. The maximum absolute atomic E-state index is 11.2. The molecule has 1 N–H and O–H groups in total. The first-order chi connectivity index (χ1) is 8.99. The Labute approximate surface area is 114 Å². The Morgan fingerprint density at radius 2 is 2.16 bits per heavy atom. The van der Waals surface area contributed by atoms with Gasteiger partial charge in [-0.3, -0.25) is 9.69 Å². The van der Waals surface area contributed by atoms with Crippen molar-refractivity contribution in [2.24, 2.45) is 5.92 Å². The third-order valence-electron chi connectivity index (χ3n) is 3.86. The molecular formula is C15H21NO3. The van der Waals surface area contributed by atoms with Crippen LogP contribution in [0.1, 0.15) is 16.7 Å². The zero-order valence-corrected chi connectivity index (χ0v) is 11.7. The molecule has 1 aromatic carbocycles. The summed E-state index contributed by atoms with van der Waals surface area (Å²) in [5, 5.41) is 9.19. The van der Waals surface area contributed by atoms with Gasteiger partial charge in [0, 0.05) is 12.6 Å². The van der Waals surface area contributed by atoms with Gasteiger partial charge in [0.05, 0.1) is 19.1 Å². The SMILES string of the molecule is Cc1ccc(C)c(CN(C)C2COCC2C(=O)O)c1. The van der Waals surface area contributed by atoms with E-state index in [9.17, 15) is 9.90 Å². The number of likely N-dealkylation sites (N-methyl/N-ethyl adjacent to an activating group) is 1. The lowest BCUT2D eigenvalue weighted by atomic mass is 10.0. The summed E-state index contributed by atoms with van der Waals surface area (Å²) in [6, 6.07) is 6.32. The molecule has 4 nitrogen and oxygen atoms in total. The quantitative estimate of drug-likeness (QED) is 0.900. The summed E-state index contributed by atoms with van der Waals surface area (Å²) in [5.41, 5.74) is 3.72. The number of nitrogens with zero attached hydrogens (tertiary/aromatic N) is 1. The van der Waals surface area contributed by atoms with Crippen LogP contribution in [0.4, 0.5) is 0 Å². The molecule has 0 aliphatic carbocycles. The standard InChI is InChI=1S/C15H21NO3/c1-10-4-5-11(2)12(6-10)7-16(3)14-9-19-8-13(14)15(17)18/h4-6,13-14H,7-9H2,1-3H3,(H,17,18). The normalized spacial score (nSPS) is 22.9. The van der Waals surface area contributed by atoms with E-state index in [1.165, 1.54) is 16.7 Å². The highest BCUT2D eigenvalue weighted by Gasteiger charge is 2.36. The molecule has 1 aliphatic rings. The van der Waals surface area contributed by atoms with Crippen LogP contribution in [-0.2, 0) is 16.1 Å². The number of hydrogen-bond donors (Lipinski definition) is 1. The van der Waals surface area contributed by atoms with Gasteiger partial charge in [-0.2, -0.15) is 0 Å². The molecule has 0 aromatic heterocycles. The number of carboxylic acid groups (broad SMARTS) is 1. The largest absolute Gasteiger partial charge is 0.481 e. The third kappa shape index (κ3) is 3.14. The molecule has 2 unspecified atom stereocenters. The number of aliphatic carboxylic acids is 1. The summed E-state index contributed by atoms with van der Waals surface area (Å²) in [7, 11) is 1.97. The Morgan fingerprint density at radius 1 is 1.42 bits per heavy atom. The van der Waals surface area contributed by atoms with Crippen molar-refractivity contribution in [1.82, 2.24) is 4.90 Å². The van der Waals surface area contributed by atoms with E-state index < -0.39 is 11.9 Å². The van der Waals surface area contributed by atoms with Gasteiger partial charge in [-0.05, 0) is 32.0 Å². The van der Waals surface area contributed by atoms with E-state index in [0.29, 0.717) is 13.2 Å². The van der Waals surface area contributed by atoms with E-state index in [2.05, 4.69) is 36.9 Å². The zero-order valence-electron chi connectivity index (χ0n) is 11.7. The van der Waals surface area contributed by atoms with Gasteiger partial charge in [0.15, 0.2) is 0 Å². The van der Waals surface area contributed by atoms with E-state index in [1.54, 1.807) is 0 Å². The highest BCUT2D eigenvalue weighted by molar-refractivity contribution is 5.71. The molecule has 1 saturated heterocycles. The summed E-state index contributed by atoms with van der Waals surface area (Å²) in [4.78, 5) is 13.3. The Kier molecular flexibility index (Phi) is 4.22. The molecule has 0 bridgehead atoms. The average Bonchev–Trinajstić information content (AvgIpc) is 2.83. The van der Waals surface area contributed by atoms with Gasteiger partial charge in [-0.1, -0.05) is 23.8 Å². The van der Waals surface area contributed by atoms with Crippen molar-refractivity contribution in [2.75, 3.05) is 20.3 Å². The van der Waals surface area contributed by atoms with Crippen molar-refractivity contribution in [3.05, 3.63) is 34.9 Å². The summed E-state index contributed by atoms with van der Waals surface area (Å²) in [6.07, 6.45) is 0. The van der Waals surface area contributed by atoms with Gasteiger partial charge >= 0.3 is 5.97 Å². The van der Waals surface area contributed by atoms with Crippen molar-refractivity contribution >= 4 is 5.97 Å². The molecule has 1 fully saturated rings. The lowest BCUT2D eigenvalue weighted by Crippen LogP contribution is -2.40. The van der Waals surface area contributed by atoms with Crippen LogP contribution in [0.5, 0.6) is 0 Å². The van der Waals surface area contributed by atoms with Crippen LogP contribution in [0, 0.1) is 19.8 Å². The first kappa shape index (κ1) is 14.0. The second kappa shape index (κ2) is 5.72. The van der Waals surface area contributed by atoms with Crippen molar-refractivity contribution < 1.29 is 14.6 Å². The molecule has 0 saturated carbocycles. The Hall–Kier alpha value is -1.39. The van der Waals surface area contributed by atoms with Crippen LogP contribution in [0.25, 0.3) is 0 Å². The smallest absolute Gasteiger partial charge is 0.310 e. The van der Waals surface area contributed by atoms with Gasteiger partial charge in [0.2, 0.25) is 0 Å². The molecular weight excluding hydrogens is 242 g/mol. The predicted molar refractivity (Wildman–Crippen MR) is 73.1 cm³/mol. The first-order valence-electron chi connectivity index (χ1n) is 6.56. The minimum Gasteiger partial charge on any atom is -0.481 e.